The van der Waals surface area contributed by atoms with E-state index in [0.29, 0.717) is 12.1 Å². The summed E-state index contributed by atoms with van der Waals surface area (Å²) in [5, 5.41) is 12.7. The lowest BCUT2D eigenvalue weighted by Gasteiger charge is -2.26. The quantitative estimate of drug-likeness (QED) is 0.792. The second kappa shape index (κ2) is 6.40. The average molecular weight is 262 g/mol. The molecule has 1 aliphatic rings. The molecule has 0 amide bonds. The number of hydrogen-bond acceptors (Lipinski definition) is 3. The van der Waals surface area contributed by atoms with E-state index in [0.717, 1.165) is 13.1 Å². The number of aryl methyl sites for hydroxylation is 1. The standard InChI is InChI=1S/C16H26N2O/c1-12(2)17-11-14-4-7-16(13(3)10-14)18(8-9-19)15-5-6-15/h4,7,10,12,15,17,19H,5-6,8-9,11H2,1-3H3. The minimum atomic E-state index is 0.229. The highest BCUT2D eigenvalue weighted by Crippen LogP contribution is 2.33. The van der Waals surface area contributed by atoms with Gasteiger partial charge in [-0.3, -0.25) is 0 Å². The summed E-state index contributed by atoms with van der Waals surface area (Å²) in [5.41, 5.74) is 3.92. The van der Waals surface area contributed by atoms with Crippen LogP contribution < -0.4 is 10.2 Å². The van der Waals surface area contributed by atoms with Gasteiger partial charge in [0.1, 0.15) is 0 Å². The molecule has 0 spiro atoms. The Kier molecular flexibility index (Phi) is 4.83. The smallest absolute Gasteiger partial charge is 0.0606 e. The summed E-state index contributed by atoms with van der Waals surface area (Å²) in [6.07, 6.45) is 2.52. The highest BCUT2D eigenvalue weighted by molar-refractivity contribution is 5.56. The van der Waals surface area contributed by atoms with Crippen LogP contribution >= 0.6 is 0 Å². The predicted molar refractivity (Wildman–Crippen MR) is 80.6 cm³/mol. The van der Waals surface area contributed by atoms with Crippen molar-refractivity contribution in [2.75, 3.05) is 18.1 Å². The number of anilines is 1. The van der Waals surface area contributed by atoms with Crippen molar-refractivity contribution in [3.8, 4) is 0 Å². The van der Waals surface area contributed by atoms with Crippen LogP contribution in [0.15, 0.2) is 18.2 Å². The summed E-state index contributed by atoms with van der Waals surface area (Å²) in [6.45, 7) is 8.39. The summed E-state index contributed by atoms with van der Waals surface area (Å²) >= 11 is 0. The Bertz CT molecular complexity index is 413. The Morgan fingerprint density at radius 1 is 1.37 bits per heavy atom. The second-order valence-electron chi connectivity index (χ2n) is 5.80. The molecule has 0 radical (unpaired) electrons. The van der Waals surface area contributed by atoms with Gasteiger partial charge in [-0.2, -0.15) is 0 Å². The first-order valence-electron chi connectivity index (χ1n) is 7.32. The number of aliphatic hydroxyl groups is 1. The second-order valence-corrected chi connectivity index (χ2v) is 5.80. The van der Waals surface area contributed by atoms with Crippen LogP contribution in [0.25, 0.3) is 0 Å². The maximum absolute atomic E-state index is 9.21. The largest absolute Gasteiger partial charge is 0.395 e. The molecule has 0 saturated heterocycles. The van der Waals surface area contributed by atoms with Gasteiger partial charge in [-0.25, -0.2) is 0 Å². The zero-order chi connectivity index (χ0) is 13.8. The molecule has 0 heterocycles. The van der Waals surface area contributed by atoms with Gasteiger partial charge < -0.3 is 15.3 Å². The minimum Gasteiger partial charge on any atom is -0.395 e. The van der Waals surface area contributed by atoms with E-state index >= 15 is 0 Å². The third kappa shape index (κ3) is 3.95. The van der Waals surface area contributed by atoms with Crippen molar-refractivity contribution in [3.63, 3.8) is 0 Å². The molecule has 3 nitrogen and oxygen atoms in total. The van der Waals surface area contributed by atoms with Gasteiger partial charge in [0.2, 0.25) is 0 Å². The van der Waals surface area contributed by atoms with E-state index in [2.05, 4.69) is 49.2 Å². The topological polar surface area (TPSA) is 35.5 Å². The molecule has 0 atom stereocenters. The summed E-state index contributed by atoms with van der Waals surface area (Å²) < 4.78 is 0. The van der Waals surface area contributed by atoms with Crippen LogP contribution in [0.2, 0.25) is 0 Å². The molecule has 0 aromatic heterocycles. The summed E-state index contributed by atoms with van der Waals surface area (Å²) in [4.78, 5) is 2.36. The van der Waals surface area contributed by atoms with Crippen molar-refractivity contribution in [2.24, 2.45) is 0 Å². The molecule has 0 aliphatic heterocycles. The number of nitrogens with zero attached hydrogens (tertiary/aromatic N) is 1. The lowest BCUT2D eigenvalue weighted by atomic mass is 10.1. The molecule has 19 heavy (non-hydrogen) atoms. The number of hydrogen-bond donors (Lipinski definition) is 2. The van der Waals surface area contributed by atoms with Crippen molar-refractivity contribution >= 4 is 5.69 Å². The van der Waals surface area contributed by atoms with Gasteiger partial charge in [0.25, 0.3) is 0 Å². The molecule has 1 aromatic rings. The van der Waals surface area contributed by atoms with Crippen molar-refractivity contribution in [1.29, 1.82) is 0 Å². The van der Waals surface area contributed by atoms with E-state index in [4.69, 9.17) is 0 Å². The van der Waals surface area contributed by atoms with E-state index in [1.54, 1.807) is 0 Å². The van der Waals surface area contributed by atoms with Crippen LogP contribution in [0.3, 0.4) is 0 Å². The number of benzene rings is 1. The monoisotopic (exact) mass is 262 g/mol. The molecule has 0 unspecified atom stereocenters. The van der Waals surface area contributed by atoms with E-state index < -0.39 is 0 Å². The lowest BCUT2D eigenvalue weighted by molar-refractivity contribution is 0.301. The minimum absolute atomic E-state index is 0.229. The van der Waals surface area contributed by atoms with Gasteiger partial charge in [-0.15, -0.1) is 0 Å². The van der Waals surface area contributed by atoms with E-state index in [9.17, 15) is 5.11 Å². The molecule has 1 aromatic carbocycles. The van der Waals surface area contributed by atoms with Crippen LogP contribution in [0.4, 0.5) is 5.69 Å². The zero-order valence-electron chi connectivity index (χ0n) is 12.3. The Hall–Kier alpha value is -1.06. The number of aliphatic hydroxyl groups excluding tert-OH is 1. The predicted octanol–water partition coefficient (Wildman–Crippen LogP) is 2.45. The molecule has 1 aliphatic carbocycles. The SMILES string of the molecule is Cc1cc(CNC(C)C)ccc1N(CCO)C1CC1. The first-order valence-corrected chi connectivity index (χ1v) is 7.32. The Labute approximate surface area is 116 Å². The van der Waals surface area contributed by atoms with Gasteiger partial charge in [0, 0.05) is 30.9 Å². The van der Waals surface area contributed by atoms with E-state index in [1.165, 1.54) is 29.7 Å². The first kappa shape index (κ1) is 14.4. The van der Waals surface area contributed by atoms with Crippen LogP contribution in [0.5, 0.6) is 0 Å². The van der Waals surface area contributed by atoms with Crippen LogP contribution in [0, 0.1) is 6.92 Å². The molecule has 3 heteroatoms. The fourth-order valence-electron chi connectivity index (χ4n) is 2.47. The van der Waals surface area contributed by atoms with Crippen molar-refractivity contribution in [2.45, 2.75) is 52.2 Å². The Morgan fingerprint density at radius 3 is 2.63 bits per heavy atom. The van der Waals surface area contributed by atoms with Gasteiger partial charge >= 0.3 is 0 Å². The van der Waals surface area contributed by atoms with Gasteiger partial charge in [-0.1, -0.05) is 26.0 Å². The van der Waals surface area contributed by atoms with Gasteiger partial charge in [-0.05, 0) is 37.0 Å². The van der Waals surface area contributed by atoms with Gasteiger partial charge in [0.05, 0.1) is 6.61 Å². The van der Waals surface area contributed by atoms with Crippen molar-refractivity contribution < 1.29 is 5.11 Å². The molecule has 1 saturated carbocycles. The lowest BCUT2D eigenvalue weighted by Crippen LogP contribution is -2.29. The van der Waals surface area contributed by atoms with E-state index in [-0.39, 0.29) is 6.61 Å². The van der Waals surface area contributed by atoms with E-state index in [1.807, 2.05) is 0 Å². The molecule has 1 fully saturated rings. The Balaban J connectivity index is 2.08. The van der Waals surface area contributed by atoms with Crippen LogP contribution in [-0.4, -0.2) is 30.3 Å². The maximum atomic E-state index is 9.21. The summed E-state index contributed by atoms with van der Waals surface area (Å²) in [7, 11) is 0. The van der Waals surface area contributed by atoms with Gasteiger partial charge in [0.15, 0.2) is 0 Å². The molecule has 106 valence electrons. The molecular weight excluding hydrogens is 236 g/mol. The van der Waals surface area contributed by atoms with Crippen molar-refractivity contribution in [3.05, 3.63) is 29.3 Å². The molecular formula is C16H26N2O. The zero-order valence-corrected chi connectivity index (χ0v) is 12.3. The third-order valence-electron chi connectivity index (χ3n) is 3.61. The van der Waals surface area contributed by atoms with Crippen molar-refractivity contribution in [1.82, 2.24) is 5.32 Å². The molecule has 0 bridgehead atoms. The highest BCUT2D eigenvalue weighted by atomic mass is 16.3. The average Bonchev–Trinajstić information content (AvgIpc) is 3.18. The fraction of sp³-hybridized carbons (Fsp3) is 0.625. The normalized spacial score (nSPS) is 15.0. The van der Waals surface area contributed by atoms with Crippen LogP contribution in [0.1, 0.15) is 37.8 Å². The highest BCUT2D eigenvalue weighted by Gasteiger charge is 2.29. The molecule has 2 N–H and O–H groups in total. The summed E-state index contributed by atoms with van der Waals surface area (Å²) in [6, 6.07) is 7.82. The van der Waals surface area contributed by atoms with Crippen LogP contribution in [-0.2, 0) is 6.54 Å². The molecule has 2 rings (SSSR count). The fourth-order valence-corrected chi connectivity index (χ4v) is 2.47. The number of rotatable bonds is 7. The third-order valence-corrected chi connectivity index (χ3v) is 3.61. The first-order chi connectivity index (χ1) is 9.11. The number of nitrogens with one attached hydrogen (secondary N) is 1. The maximum Gasteiger partial charge on any atom is 0.0606 e. The summed E-state index contributed by atoms with van der Waals surface area (Å²) in [5.74, 6) is 0. The Morgan fingerprint density at radius 2 is 2.11 bits per heavy atom.